The zero-order chi connectivity index (χ0) is 14.5. The summed E-state index contributed by atoms with van der Waals surface area (Å²) in [6.07, 6.45) is 0.813. The molecule has 0 radical (unpaired) electrons. The van der Waals surface area contributed by atoms with Gasteiger partial charge in [-0.05, 0) is 43.5 Å². The standard InChI is InChI=1S/C17H20N2O/c1-12-8-9-15(18)11-16(12)17(20)19-13(2)10-14-6-4-3-5-7-14/h3-9,11,13H,10,18H2,1-2H3,(H,19,20). The van der Waals surface area contributed by atoms with Gasteiger partial charge in [-0.2, -0.15) is 0 Å². The molecule has 0 heterocycles. The number of benzene rings is 2. The highest BCUT2D eigenvalue weighted by molar-refractivity contribution is 5.96. The number of anilines is 1. The van der Waals surface area contributed by atoms with E-state index in [1.165, 1.54) is 5.56 Å². The summed E-state index contributed by atoms with van der Waals surface area (Å²) < 4.78 is 0. The number of carbonyl (C=O) groups excluding carboxylic acids is 1. The fourth-order valence-electron chi connectivity index (χ4n) is 2.20. The monoisotopic (exact) mass is 268 g/mol. The molecule has 3 N–H and O–H groups in total. The van der Waals surface area contributed by atoms with E-state index in [1.54, 1.807) is 12.1 Å². The first kappa shape index (κ1) is 14.1. The van der Waals surface area contributed by atoms with Crippen LogP contribution in [0.3, 0.4) is 0 Å². The van der Waals surface area contributed by atoms with E-state index in [2.05, 4.69) is 17.4 Å². The quantitative estimate of drug-likeness (QED) is 0.838. The van der Waals surface area contributed by atoms with Crippen molar-refractivity contribution in [3.05, 3.63) is 65.2 Å². The van der Waals surface area contributed by atoms with E-state index in [-0.39, 0.29) is 11.9 Å². The highest BCUT2D eigenvalue weighted by Crippen LogP contribution is 2.13. The predicted molar refractivity (Wildman–Crippen MR) is 82.7 cm³/mol. The fraction of sp³-hybridized carbons (Fsp3) is 0.235. The second-order valence-electron chi connectivity index (χ2n) is 5.14. The maximum absolute atomic E-state index is 12.3. The highest BCUT2D eigenvalue weighted by atomic mass is 16.1. The van der Waals surface area contributed by atoms with Crippen LogP contribution in [0, 0.1) is 6.92 Å². The summed E-state index contributed by atoms with van der Waals surface area (Å²) in [6, 6.07) is 15.6. The number of rotatable bonds is 4. The minimum Gasteiger partial charge on any atom is -0.399 e. The van der Waals surface area contributed by atoms with Gasteiger partial charge in [0.2, 0.25) is 0 Å². The second kappa shape index (κ2) is 6.24. The molecule has 0 aliphatic heterocycles. The first-order valence-electron chi connectivity index (χ1n) is 6.77. The van der Waals surface area contributed by atoms with Gasteiger partial charge in [0.1, 0.15) is 0 Å². The lowest BCUT2D eigenvalue weighted by Crippen LogP contribution is -2.34. The van der Waals surface area contributed by atoms with E-state index in [0.717, 1.165) is 12.0 Å². The Morgan fingerprint density at radius 2 is 1.90 bits per heavy atom. The van der Waals surface area contributed by atoms with Gasteiger partial charge >= 0.3 is 0 Å². The lowest BCUT2D eigenvalue weighted by molar-refractivity contribution is 0.0939. The van der Waals surface area contributed by atoms with Crippen molar-refractivity contribution in [1.82, 2.24) is 5.32 Å². The first-order chi connectivity index (χ1) is 9.56. The van der Waals surface area contributed by atoms with Crippen molar-refractivity contribution in [2.45, 2.75) is 26.3 Å². The van der Waals surface area contributed by atoms with Gasteiger partial charge in [-0.25, -0.2) is 0 Å². The third kappa shape index (κ3) is 3.60. The molecule has 0 aromatic heterocycles. The van der Waals surface area contributed by atoms with Crippen LogP contribution in [-0.4, -0.2) is 11.9 Å². The van der Waals surface area contributed by atoms with Gasteiger partial charge in [0.15, 0.2) is 0 Å². The normalized spacial score (nSPS) is 11.9. The van der Waals surface area contributed by atoms with Gasteiger partial charge < -0.3 is 11.1 Å². The van der Waals surface area contributed by atoms with Crippen molar-refractivity contribution >= 4 is 11.6 Å². The van der Waals surface area contributed by atoms with Gasteiger partial charge in [0, 0.05) is 17.3 Å². The Morgan fingerprint density at radius 3 is 2.60 bits per heavy atom. The first-order valence-corrected chi connectivity index (χ1v) is 6.77. The van der Waals surface area contributed by atoms with Gasteiger partial charge in [-0.3, -0.25) is 4.79 Å². The molecule has 0 saturated heterocycles. The molecular formula is C17H20N2O. The van der Waals surface area contributed by atoms with Crippen LogP contribution in [0.1, 0.15) is 28.4 Å². The van der Waals surface area contributed by atoms with Crippen LogP contribution in [-0.2, 0) is 6.42 Å². The molecule has 0 bridgehead atoms. The van der Waals surface area contributed by atoms with Gasteiger partial charge in [0.25, 0.3) is 5.91 Å². The number of aryl methyl sites for hydroxylation is 1. The number of nitrogens with one attached hydrogen (secondary N) is 1. The maximum Gasteiger partial charge on any atom is 0.251 e. The number of nitrogen functional groups attached to an aromatic ring is 1. The third-order valence-electron chi connectivity index (χ3n) is 3.27. The summed E-state index contributed by atoms with van der Waals surface area (Å²) in [7, 11) is 0. The molecule has 104 valence electrons. The molecule has 0 fully saturated rings. The molecule has 2 rings (SSSR count). The molecule has 1 amide bonds. The Kier molecular flexibility index (Phi) is 4.41. The van der Waals surface area contributed by atoms with Crippen molar-refractivity contribution in [2.75, 3.05) is 5.73 Å². The smallest absolute Gasteiger partial charge is 0.251 e. The van der Waals surface area contributed by atoms with Crippen LogP contribution in [0.2, 0.25) is 0 Å². The van der Waals surface area contributed by atoms with Crippen molar-refractivity contribution in [3.63, 3.8) is 0 Å². The minimum atomic E-state index is -0.0711. The average molecular weight is 268 g/mol. The van der Waals surface area contributed by atoms with Crippen LogP contribution >= 0.6 is 0 Å². The summed E-state index contributed by atoms with van der Waals surface area (Å²) >= 11 is 0. The van der Waals surface area contributed by atoms with E-state index in [9.17, 15) is 4.79 Å². The maximum atomic E-state index is 12.3. The number of carbonyl (C=O) groups is 1. The minimum absolute atomic E-state index is 0.0711. The molecule has 1 unspecified atom stereocenters. The van der Waals surface area contributed by atoms with E-state index in [1.807, 2.05) is 38.1 Å². The zero-order valence-corrected chi connectivity index (χ0v) is 11.9. The third-order valence-corrected chi connectivity index (χ3v) is 3.27. The molecule has 3 nitrogen and oxygen atoms in total. The average Bonchev–Trinajstić information content (AvgIpc) is 2.42. The Morgan fingerprint density at radius 1 is 1.20 bits per heavy atom. The molecule has 3 heteroatoms. The molecule has 0 aliphatic carbocycles. The Balaban J connectivity index is 2.02. The van der Waals surface area contributed by atoms with Crippen LogP contribution in [0.4, 0.5) is 5.69 Å². The van der Waals surface area contributed by atoms with E-state index < -0.39 is 0 Å². The van der Waals surface area contributed by atoms with E-state index in [0.29, 0.717) is 11.3 Å². The number of hydrogen-bond donors (Lipinski definition) is 2. The van der Waals surface area contributed by atoms with E-state index >= 15 is 0 Å². The number of amides is 1. The Bertz CT molecular complexity index is 593. The van der Waals surface area contributed by atoms with Crippen molar-refractivity contribution in [1.29, 1.82) is 0 Å². The van der Waals surface area contributed by atoms with E-state index in [4.69, 9.17) is 5.73 Å². The Hall–Kier alpha value is -2.29. The van der Waals surface area contributed by atoms with Crippen molar-refractivity contribution < 1.29 is 4.79 Å². The van der Waals surface area contributed by atoms with Crippen molar-refractivity contribution in [2.24, 2.45) is 0 Å². The van der Waals surface area contributed by atoms with Crippen LogP contribution in [0.15, 0.2) is 48.5 Å². The molecule has 2 aromatic carbocycles. The molecule has 0 aliphatic rings. The molecular weight excluding hydrogens is 248 g/mol. The molecule has 2 aromatic rings. The summed E-state index contributed by atoms with van der Waals surface area (Å²) in [4.78, 5) is 12.3. The summed E-state index contributed by atoms with van der Waals surface area (Å²) in [5, 5.41) is 3.02. The SMILES string of the molecule is Cc1ccc(N)cc1C(=O)NC(C)Cc1ccccc1. The van der Waals surface area contributed by atoms with Crippen molar-refractivity contribution in [3.8, 4) is 0 Å². The second-order valence-corrected chi connectivity index (χ2v) is 5.14. The Labute approximate surface area is 119 Å². The predicted octanol–water partition coefficient (Wildman–Crippen LogP) is 2.94. The van der Waals surface area contributed by atoms with Crippen LogP contribution in [0.25, 0.3) is 0 Å². The summed E-state index contributed by atoms with van der Waals surface area (Å²) in [5.41, 5.74) is 9.14. The molecule has 0 saturated carbocycles. The van der Waals surface area contributed by atoms with Gasteiger partial charge in [0.05, 0.1) is 0 Å². The fourth-order valence-corrected chi connectivity index (χ4v) is 2.20. The largest absolute Gasteiger partial charge is 0.399 e. The topological polar surface area (TPSA) is 55.1 Å². The zero-order valence-electron chi connectivity index (χ0n) is 11.9. The molecule has 0 spiro atoms. The number of nitrogens with two attached hydrogens (primary N) is 1. The lowest BCUT2D eigenvalue weighted by atomic mass is 10.0. The van der Waals surface area contributed by atoms with Crippen LogP contribution in [0.5, 0.6) is 0 Å². The van der Waals surface area contributed by atoms with Gasteiger partial charge in [-0.15, -0.1) is 0 Å². The summed E-state index contributed by atoms with van der Waals surface area (Å²) in [5.74, 6) is -0.0711. The molecule has 1 atom stereocenters. The number of hydrogen-bond acceptors (Lipinski definition) is 2. The highest BCUT2D eigenvalue weighted by Gasteiger charge is 2.12. The van der Waals surface area contributed by atoms with Gasteiger partial charge in [-0.1, -0.05) is 36.4 Å². The van der Waals surface area contributed by atoms with Crippen LogP contribution < -0.4 is 11.1 Å². The lowest BCUT2D eigenvalue weighted by Gasteiger charge is -2.15. The summed E-state index contributed by atoms with van der Waals surface area (Å²) in [6.45, 7) is 3.92. The molecule has 20 heavy (non-hydrogen) atoms.